The largest absolute Gasteiger partial charge is 0.378 e. The van der Waals surface area contributed by atoms with E-state index in [9.17, 15) is 4.79 Å². The fourth-order valence-electron chi connectivity index (χ4n) is 3.50. The second-order valence-electron chi connectivity index (χ2n) is 6.97. The Morgan fingerprint density at radius 1 is 1.20 bits per heavy atom. The zero-order valence-corrected chi connectivity index (χ0v) is 17.0. The first kappa shape index (κ1) is 18.7. The van der Waals surface area contributed by atoms with Gasteiger partial charge in [-0.2, -0.15) is 0 Å². The molecule has 0 unspecified atom stereocenters. The van der Waals surface area contributed by atoms with Gasteiger partial charge in [0.1, 0.15) is 11.6 Å². The predicted octanol–water partition coefficient (Wildman–Crippen LogP) is 3.10. The van der Waals surface area contributed by atoms with E-state index in [1.807, 2.05) is 41.9 Å². The number of carbonyl (C=O) groups excluding carboxylic acids is 1. The lowest BCUT2D eigenvalue weighted by Gasteiger charge is -2.27. The number of H-pyrrole nitrogens is 1. The summed E-state index contributed by atoms with van der Waals surface area (Å²) in [6.45, 7) is 3.16. The first-order valence-electron chi connectivity index (χ1n) is 9.72. The number of amides is 1. The van der Waals surface area contributed by atoms with Gasteiger partial charge >= 0.3 is 0 Å². The molecule has 30 heavy (non-hydrogen) atoms. The van der Waals surface area contributed by atoms with E-state index in [4.69, 9.17) is 9.72 Å². The number of benzene rings is 1. The van der Waals surface area contributed by atoms with Crippen LogP contribution in [-0.4, -0.2) is 52.1 Å². The molecule has 1 aliphatic heterocycles. The molecule has 0 bridgehead atoms. The number of para-hydroxylation sites is 1. The van der Waals surface area contributed by atoms with Crippen molar-refractivity contribution >= 4 is 39.2 Å². The minimum Gasteiger partial charge on any atom is -0.378 e. The number of fused-ring (bicyclic) bond motifs is 1. The van der Waals surface area contributed by atoms with Crippen molar-refractivity contribution in [3.8, 4) is 11.4 Å². The van der Waals surface area contributed by atoms with E-state index in [0.717, 1.165) is 60.1 Å². The number of hydrogen-bond donors (Lipinski definition) is 2. The fraction of sp³-hybridized carbons (Fsp3) is 0.238. The minimum absolute atomic E-state index is 0.112. The van der Waals surface area contributed by atoms with Gasteiger partial charge in [0.15, 0.2) is 5.13 Å². The van der Waals surface area contributed by atoms with E-state index in [-0.39, 0.29) is 12.3 Å². The molecule has 1 fully saturated rings. The zero-order chi connectivity index (χ0) is 20.3. The number of ether oxygens (including phenoxy) is 1. The molecular weight excluding hydrogens is 400 g/mol. The first-order valence-corrected chi connectivity index (χ1v) is 10.6. The fourth-order valence-corrected chi connectivity index (χ4v) is 4.04. The molecule has 0 spiro atoms. The molecule has 1 amide bonds. The highest BCUT2D eigenvalue weighted by atomic mass is 32.1. The summed E-state index contributed by atoms with van der Waals surface area (Å²) in [5.74, 6) is 1.56. The Bertz CT molecular complexity index is 1150. The molecule has 0 radical (unpaired) electrons. The Labute approximate surface area is 177 Å². The van der Waals surface area contributed by atoms with Crippen LogP contribution in [0.25, 0.3) is 22.4 Å². The molecule has 1 saturated heterocycles. The van der Waals surface area contributed by atoms with Crippen molar-refractivity contribution in [3.05, 3.63) is 53.7 Å². The highest BCUT2D eigenvalue weighted by molar-refractivity contribution is 7.13. The molecule has 9 heteroatoms. The van der Waals surface area contributed by atoms with Gasteiger partial charge in [0, 0.05) is 36.4 Å². The van der Waals surface area contributed by atoms with Crippen LogP contribution in [-0.2, 0) is 16.0 Å². The van der Waals surface area contributed by atoms with E-state index in [2.05, 4.69) is 25.2 Å². The molecule has 4 heterocycles. The number of aromatic amines is 1. The van der Waals surface area contributed by atoms with E-state index in [0.29, 0.717) is 5.13 Å². The number of carbonyl (C=O) groups is 1. The maximum Gasteiger partial charge on any atom is 0.230 e. The van der Waals surface area contributed by atoms with Gasteiger partial charge in [-0.1, -0.05) is 12.1 Å². The summed E-state index contributed by atoms with van der Waals surface area (Å²) < 4.78 is 5.40. The Balaban J connectivity index is 1.37. The highest BCUT2D eigenvalue weighted by Gasteiger charge is 2.15. The molecular formula is C21H20N6O2S. The number of nitrogens with one attached hydrogen (secondary N) is 2. The second kappa shape index (κ2) is 8.21. The van der Waals surface area contributed by atoms with Crippen LogP contribution in [0, 0.1) is 0 Å². The molecule has 5 rings (SSSR count). The van der Waals surface area contributed by atoms with Crippen molar-refractivity contribution in [1.82, 2.24) is 19.9 Å². The summed E-state index contributed by atoms with van der Waals surface area (Å²) >= 11 is 1.40. The lowest BCUT2D eigenvalue weighted by molar-refractivity contribution is -0.115. The Kier molecular flexibility index (Phi) is 5.12. The van der Waals surface area contributed by atoms with Gasteiger partial charge < -0.3 is 19.9 Å². The number of nitrogens with zero attached hydrogens (tertiary/aromatic N) is 4. The van der Waals surface area contributed by atoms with Crippen LogP contribution < -0.4 is 10.2 Å². The number of thiazole rings is 1. The first-order chi connectivity index (χ1) is 14.8. The summed E-state index contributed by atoms with van der Waals surface area (Å²) in [4.78, 5) is 31.4. The van der Waals surface area contributed by atoms with Gasteiger partial charge in [-0.05, 0) is 23.8 Å². The van der Waals surface area contributed by atoms with Gasteiger partial charge in [-0.15, -0.1) is 11.3 Å². The Hall–Kier alpha value is -3.30. The molecule has 152 valence electrons. The average Bonchev–Trinajstić information content (AvgIpc) is 3.45. The smallest absolute Gasteiger partial charge is 0.230 e. The third-order valence-electron chi connectivity index (χ3n) is 4.98. The van der Waals surface area contributed by atoms with Crippen molar-refractivity contribution in [2.24, 2.45) is 0 Å². The molecule has 0 aliphatic carbocycles. The molecule has 4 aromatic rings. The number of morpholine rings is 1. The third kappa shape index (κ3) is 3.89. The number of anilines is 2. The number of hydrogen-bond acceptors (Lipinski definition) is 7. The van der Waals surface area contributed by atoms with Crippen molar-refractivity contribution in [1.29, 1.82) is 0 Å². The summed E-state index contributed by atoms with van der Waals surface area (Å²) in [6.07, 6.45) is 3.73. The number of rotatable bonds is 5. The molecule has 2 N–H and O–H groups in total. The maximum absolute atomic E-state index is 12.4. The lowest BCUT2D eigenvalue weighted by Crippen LogP contribution is -2.36. The molecule has 1 aromatic carbocycles. The zero-order valence-electron chi connectivity index (χ0n) is 16.2. The number of imidazole rings is 1. The van der Waals surface area contributed by atoms with Crippen molar-refractivity contribution in [3.63, 3.8) is 0 Å². The van der Waals surface area contributed by atoms with Gasteiger partial charge in [0.25, 0.3) is 0 Å². The number of aromatic nitrogens is 4. The van der Waals surface area contributed by atoms with E-state index >= 15 is 0 Å². The SMILES string of the molecule is O=C(Cc1cccc2[nH]c(-c3ccc(N4CCOCC4)nc3)nc12)Nc1nccs1. The second-order valence-corrected chi connectivity index (χ2v) is 7.86. The standard InChI is InChI=1S/C21H20N6O2S/c28-18(25-21-22-6-11-30-21)12-14-2-1-3-16-19(14)26-20(24-16)15-4-5-17(23-13-15)27-7-9-29-10-8-27/h1-6,11,13H,7-10,12H2,(H,24,26)(H,22,25,28). The number of pyridine rings is 1. The van der Waals surface area contributed by atoms with Crippen LogP contribution >= 0.6 is 11.3 Å². The third-order valence-corrected chi connectivity index (χ3v) is 5.67. The van der Waals surface area contributed by atoms with Gasteiger partial charge in [-0.3, -0.25) is 4.79 Å². The topological polar surface area (TPSA) is 96.0 Å². The average molecular weight is 420 g/mol. The maximum atomic E-state index is 12.4. The van der Waals surface area contributed by atoms with Crippen molar-refractivity contribution in [2.45, 2.75) is 6.42 Å². The van der Waals surface area contributed by atoms with Gasteiger partial charge in [0.2, 0.25) is 5.91 Å². The lowest BCUT2D eigenvalue weighted by atomic mass is 10.1. The van der Waals surface area contributed by atoms with Crippen molar-refractivity contribution in [2.75, 3.05) is 36.5 Å². The predicted molar refractivity (Wildman–Crippen MR) is 117 cm³/mol. The summed E-state index contributed by atoms with van der Waals surface area (Å²) in [5.41, 5.74) is 3.45. The molecule has 0 atom stereocenters. The normalized spacial score (nSPS) is 14.2. The minimum atomic E-state index is -0.112. The monoisotopic (exact) mass is 420 g/mol. The van der Waals surface area contributed by atoms with E-state index < -0.39 is 0 Å². The van der Waals surface area contributed by atoms with E-state index in [1.165, 1.54) is 11.3 Å². The van der Waals surface area contributed by atoms with Crippen LogP contribution in [0.15, 0.2) is 48.1 Å². The van der Waals surface area contributed by atoms with Crippen molar-refractivity contribution < 1.29 is 9.53 Å². The van der Waals surface area contributed by atoms with Crippen LogP contribution in [0.4, 0.5) is 10.9 Å². The molecule has 3 aromatic heterocycles. The van der Waals surface area contributed by atoms with E-state index in [1.54, 1.807) is 6.20 Å². The van der Waals surface area contributed by atoms with Gasteiger partial charge in [0.05, 0.1) is 30.7 Å². The highest BCUT2D eigenvalue weighted by Crippen LogP contribution is 2.24. The Morgan fingerprint density at radius 2 is 2.10 bits per heavy atom. The quantitative estimate of drug-likeness (QED) is 0.515. The molecule has 0 saturated carbocycles. The van der Waals surface area contributed by atoms with Crippen LogP contribution in [0.5, 0.6) is 0 Å². The summed E-state index contributed by atoms with van der Waals surface area (Å²) in [7, 11) is 0. The summed E-state index contributed by atoms with van der Waals surface area (Å²) in [6, 6.07) is 9.84. The van der Waals surface area contributed by atoms with Crippen LogP contribution in [0.2, 0.25) is 0 Å². The van der Waals surface area contributed by atoms with Gasteiger partial charge in [-0.25, -0.2) is 15.0 Å². The molecule has 1 aliphatic rings. The molecule has 8 nitrogen and oxygen atoms in total. The Morgan fingerprint density at radius 3 is 2.87 bits per heavy atom. The van der Waals surface area contributed by atoms with Crippen LogP contribution in [0.3, 0.4) is 0 Å². The van der Waals surface area contributed by atoms with Crippen LogP contribution in [0.1, 0.15) is 5.56 Å². The summed E-state index contributed by atoms with van der Waals surface area (Å²) in [5, 5.41) is 5.24.